The third-order valence-electron chi connectivity index (χ3n) is 3.88. The molecule has 0 aromatic heterocycles. The maximum atomic E-state index is 13.0. The molecule has 1 heterocycles. The molecule has 1 amide bonds. The van der Waals surface area contributed by atoms with Crippen molar-refractivity contribution >= 4 is 40.6 Å². The molecule has 2 aromatic rings. The van der Waals surface area contributed by atoms with Crippen LogP contribution in [0.5, 0.6) is 0 Å². The summed E-state index contributed by atoms with van der Waals surface area (Å²) in [6.45, 7) is 2.71. The molecule has 0 saturated carbocycles. The van der Waals surface area contributed by atoms with E-state index in [4.69, 9.17) is 11.6 Å². The number of benzene rings is 2. The highest BCUT2D eigenvalue weighted by molar-refractivity contribution is 8.00. The first-order valence-electron chi connectivity index (χ1n) is 7.49. The predicted molar refractivity (Wildman–Crippen MR) is 96.2 cm³/mol. The Balaban J connectivity index is 1.99. The second-order valence-corrected chi connectivity index (χ2v) is 7.45. The summed E-state index contributed by atoms with van der Waals surface area (Å²) in [5.41, 5.74) is 1.000. The Labute approximate surface area is 148 Å². The van der Waals surface area contributed by atoms with E-state index < -0.39 is 4.92 Å². The number of hydrogen-bond acceptors (Lipinski definition) is 4. The Morgan fingerprint density at radius 1 is 1.33 bits per heavy atom. The van der Waals surface area contributed by atoms with E-state index >= 15 is 0 Å². The molecule has 7 heteroatoms. The number of carbonyl (C=O) groups is 1. The van der Waals surface area contributed by atoms with Crippen LogP contribution >= 0.6 is 23.4 Å². The van der Waals surface area contributed by atoms with Crippen LogP contribution in [0.1, 0.15) is 23.7 Å². The first-order valence-corrected chi connectivity index (χ1v) is 8.74. The fourth-order valence-corrected chi connectivity index (χ4v) is 4.00. The lowest BCUT2D eigenvalue weighted by Gasteiger charge is -2.23. The van der Waals surface area contributed by atoms with Crippen LogP contribution in [0.4, 0.5) is 11.4 Å². The molecule has 1 aliphatic rings. The van der Waals surface area contributed by atoms with Gasteiger partial charge in [-0.25, -0.2) is 0 Å². The number of para-hydroxylation sites is 1. The van der Waals surface area contributed by atoms with Gasteiger partial charge < -0.3 is 4.90 Å². The smallest absolute Gasteiger partial charge is 0.270 e. The second kappa shape index (κ2) is 6.83. The molecule has 0 bridgehead atoms. The van der Waals surface area contributed by atoms with Crippen molar-refractivity contribution in [3.05, 3.63) is 63.2 Å². The number of thioether (sulfide) groups is 1. The van der Waals surface area contributed by atoms with Gasteiger partial charge in [-0.15, -0.1) is 11.8 Å². The third-order valence-corrected chi connectivity index (χ3v) is 5.43. The standard InChI is InChI=1S/C17H15ClN2O3S/c1-11-8-9-19(15-4-2-3-5-16(15)24-11)17(21)13-7-6-12(20(22)23)10-14(13)18/h2-7,10-11H,8-9H2,1H3/t11-/m0/s1. The van der Waals surface area contributed by atoms with Crippen molar-refractivity contribution in [3.8, 4) is 0 Å². The van der Waals surface area contributed by atoms with Gasteiger partial charge in [0, 0.05) is 28.8 Å². The molecule has 3 rings (SSSR count). The van der Waals surface area contributed by atoms with E-state index in [0.29, 0.717) is 11.8 Å². The zero-order chi connectivity index (χ0) is 17.3. The highest BCUT2D eigenvalue weighted by Crippen LogP contribution is 2.38. The number of nitro benzene ring substituents is 1. The zero-order valence-electron chi connectivity index (χ0n) is 12.9. The Morgan fingerprint density at radius 3 is 2.79 bits per heavy atom. The van der Waals surface area contributed by atoms with Crippen molar-refractivity contribution in [2.45, 2.75) is 23.5 Å². The molecule has 124 valence electrons. The Kier molecular flexibility index (Phi) is 4.78. The van der Waals surface area contributed by atoms with Crippen LogP contribution in [0, 0.1) is 10.1 Å². The molecule has 5 nitrogen and oxygen atoms in total. The summed E-state index contributed by atoms with van der Waals surface area (Å²) in [4.78, 5) is 26.0. The summed E-state index contributed by atoms with van der Waals surface area (Å²) in [6, 6.07) is 11.7. The normalized spacial score (nSPS) is 17.1. The van der Waals surface area contributed by atoms with Gasteiger partial charge in [0.15, 0.2) is 0 Å². The molecule has 0 N–H and O–H groups in total. The number of nitro groups is 1. The summed E-state index contributed by atoms with van der Waals surface area (Å²) in [5, 5.41) is 11.3. The monoisotopic (exact) mass is 362 g/mol. The Hall–Kier alpha value is -2.05. The van der Waals surface area contributed by atoms with E-state index in [1.165, 1.54) is 18.2 Å². The Morgan fingerprint density at radius 2 is 2.08 bits per heavy atom. The van der Waals surface area contributed by atoms with Crippen molar-refractivity contribution in [1.82, 2.24) is 0 Å². The number of carbonyl (C=O) groups excluding carboxylic acids is 1. The number of halogens is 1. The molecular weight excluding hydrogens is 348 g/mol. The molecule has 0 radical (unpaired) electrons. The third kappa shape index (κ3) is 3.25. The molecule has 1 aliphatic heterocycles. The van der Waals surface area contributed by atoms with Gasteiger partial charge in [0.1, 0.15) is 0 Å². The van der Waals surface area contributed by atoms with E-state index in [9.17, 15) is 14.9 Å². The fraction of sp³-hybridized carbons (Fsp3) is 0.235. The van der Waals surface area contributed by atoms with Crippen LogP contribution in [0.25, 0.3) is 0 Å². The lowest BCUT2D eigenvalue weighted by Crippen LogP contribution is -2.32. The summed E-state index contributed by atoms with van der Waals surface area (Å²) in [5.74, 6) is -0.239. The van der Waals surface area contributed by atoms with Crippen LogP contribution < -0.4 is 4.90 Å². The summed E-state index contributed by atoms with van der Waals surface area (Å²) >= 11 is 7.87. The van der Waals surface area contributed by atoms with Crippen LogP contribution in [0.15, 0.2) is 47.4 Å². The number of fused-ring (bicyclic) bond motifs is 1. The number of rotatable bonds is 2. The van der Waals surface area contributed by atoms with Gasteiger partial charge in [-0.1, -0.05) is 30.7 Å². The van der Waals surface area contributed by atoms with Crippen molar-refractivity contribution in [1.29, 1.82) is 0 Å². The summed E-state index contributed by atoms with van der Waals surface area (Å²) < 4.78 is 0. The Bertz CT molecular complexity index is 812. The molecule has 0 aliphatic carbocycles. The molecule has 0 fully saturated rings. The van der Waals surface area contributed by atoms with Gasteiger partial charge in [0.25, 0.3) is 11.6 Å². The van der Waals surface area contributed by atoms with Crippen LogP contribution in [0.2, 0.25) is 5.02 Å². The number of non-ortho nitro benzene ring substituents is 1. The maximum Gasteiger partial charge on any atom is 0.270 e. The van der Waals surface area contributed by atoms with Crippen molar-refractivity contribution in [3.63, 3.8) is 0 Å². The minimum atomic E-state index is -0.528. The number of anilines is 1. The number of amides is 1. The number of nitrogens with zero attached hydrogens (tertiary/aromatic N) is 2. The zero-order valence-corrected chi connectivity index (χ0v) is 14.5. The second-order valence-electron chi connectivity index (χ2n) is 5.56. The molecule has 1 atom stereocenters. The van der Waals surface area contributed by atoms with Gasteiger partial charge in [-0.2, -0.15) is 0 Å². The van der Waals surface area contributed by atoms with Gasteiger partial charge in [-0.3, -0.25) is 14.9 Å². The van der Waals surface area contributed by atoms with E-state index in [1.54, 1.807) is 16.7 Å². The van der Waals surface area contributed by atoms with Crippen LogP contribution in [-0.2, 0) is 0 Å². The fourth-order valence-electron chi connectivity index (χ4n) is 2.63. The summed E-state index contributed by atoms with van der Waals surface area (Å²) in [6.07, 6.45) is 0.857. The minimum absolute atomic E-state index is 0.0941. The lowest BCUT2D eigenvalue weighted by molar-refractivity contribution is -0.384. The molecule has 0 spiro atoms. The molecule has 0 unspecified atom stereocenters. The summed E-state index contributed by atoms with van der Waals surface area (Å²) in [7, 11) is 0. The highest BCUT2D eigenvalue weighted by Gasteiger charge is 2.26. The molecular formula is C17H15ClN2O3S. The quantitative estimate of drug-likeness (QED) is 0.569. The van der Waals surface area contributed by atoms with Crippen LogP contribution in [0.3, 0.4) is 0 Å². The average Bonchev–Trinajstić information content (AvgIpc) is 2.72. The largest absolute Gasteiger partial charge is 0.307 e. The van der Waals surface area contributed by atoms with E-state index in [1.807, 2.05) is 24.3 Å². The van der Waals surface area contributed by atoms with Gasteiger partial charge >= 0.3 is 0 Å². The highest BCUT2D eigenvalue weighted by atomic mass is 35.5. The molecule has 24 heavy (non-hydrogen) atoms. The molecule has 0 saturated heterocycles. The van der Waals surface area contributed by atoms with Crippen LogP contribution in [-0.4, -0.2) is 22.6 Å². The van der Waals surface area contributed by atoms with Gasteiger partial charge in [0.2, 0.25) is 0 Å². The van der Waals surface area contributed by atoms with E-state index in [2.05, 4.69) is 6.92 Å². The topological polar surface area (TPSA) is 63.5 Å². The van der Waals surface area contributed by atoms with Gasteiger partial charge in [0.05, 0.1) is 21.2 Å². The van der Waals surface area contributed by atoms with Gasteiger partial charge in [-0.05, 0) is 24.6 Å². The SMILES string of the molecule is C[C@H]1CCN(C(=O)c2ccc([N+](=O)[O-])cc2Cl)c2ccccc2S1. The maximum absolute atomic E-state index is 13.0. The first-order chi connectivity index (χ1) is 11.5. The van der Waals surface area contributed by atoms with Crippen molar-refractivity contribution in [2.75, 3.05) is 11.4 Å². The van der Waals surface area contributed by atoms with Crippen molar-refractivity contribution < 1.29 is 9.72 Å². The van der Waals surface area contributed by atoms with E-state index in [-0.39, 0.29) is 22.2 Å². The first kappa shape index (κ1) is 16.8. The minimum Gasteiger partial charge on any atom is -0.307 e. The lowest BCUT2D eigenvalue weighted by atomic mass is 10.1. The average molecular weight is 363 g/mol. The predicted octanol–water partition coefficient (Wildman–Crippen LogP) is 4.78. The molecule has 2 aromatic carbocycles. The van der Waals surface area contributed by atoms with E-state index in [0.717, 1.165) is 17.0 Å². The van der Waals surface area contributed by atoms with Crippen molar-refractivity contribution in [2.24, 2.45) is 0 Å². The number of hydrogen-bond donors (Lipinski definition) is 0.